The van der Waals surface area contributed by atoms with Gasteiger partial charge >= 0.3 is 6.09 Å². The number of nitrogens with zero attached hydrogens (tertiary/aromatic N) is 7. The molecule has 2 fully saturated rings. The summed E-state index contributed by atoms with van der Waals surface area (Å²) in [6, 6.07) is 1.18. The number of nitrogens with one attached hydrogen (secondary N) is 1. The molecule has 4 aliphatic heterocycles. The number of azide groups is 1. The van der Waals surface area contributed by atoms with Crippen LogP contribution in [0.5, 0.6) is 0 Å². The highest BCUT2D eigenvalue weighted by Crippen LogP contribution is 2.48. The van der Waals surface area contributed by atoms with E-state index >= 15 is 4.39 Å². The minimum Gasteiger partial charge on any atom is -0.447 e. The van der Waals surface area contributed by atoms with Gasteiger partial charge in [-0.15, -0.1) is 0 Å². The molecule has 1 amide bonds. The van der Waals surface area contributed by atoms with E-state index in [0.717, 1.165) is 5.56 Å². The molecule has 13 heteroatoms. The molecule has 1 N–H and O–H groups in total. The first-order chi connectivity index (χ1) is 16.9. The number of fused-ring (bicyclic) bond motifs is 5. The molecule has 1 unspecified atom stereocenters. The Labute approximate surface area is 199 Å². The van der Waals surface area contributed by atoms with Gasteiger partial charge in [0.05, 0.1) is 48.6 Å². The molecule has 5 atom stereocenters. The third kappa shape index (κ3) is 3.26. The number of amides is 1. The van der Waals surface area contributed by atoms with Crippen molar-refractivity contribution in [2.45, 2.75) is 44.6 Å². The Bertz CT molecular complexity index is 1280. The SMILES string of the molecule is C[C@@H]1CN2c3c(cc4c(N5C(=O)OC[C@H]5CN=[N+]=[N-])noc4c3F)CC3(C=NCNC3)[C@H]2[C@H](C)O1. The topological polar surface area (TPSA) is 141 Å². The van der Waals surface area contributed by atoms with Crippen LogP contribution in [0.3, 0.4) is 0 Å². The van der Waals surface area contributed by atoms with E-state index in [2.05, 4.69) is 30.4 Å². The lowest BCUT2D eigenvalue weighted by atomic mass is 9.68. The van der Waals surface area contributed by atoms with Crippen LogP contribution in [-0.4, -0.2) is 74.7 Å². The second-order valence-electron chi connectivity index (χ2n) is 9.65. The third-order valence-corrected chi connectivity index (χ3v) is 7.37. The van der Waals surface area contributed by atoms with Crippen LogP contribution >= 0.6 is 0 Å². The molecular weight excluding hydrogens is 459 g/mol. The molecule has 0 bridgehead atoms. The molecular formula is C22H25FN8O4. The zero-order valence-corrected chi connectivity index (χ0v) is 19.3. The van der Waals surface area contributed by atoms with Gasteiger partial charge in [0.25, 0.3) is 0 Å². The van der Waals surface area contributed by atoms with Gasteiger partial charge in [0.1, 0.15) is 6.61 Å². The van der Waals surface area contributed by atoms with Crippen LogP contribution in [0.15, 0.2) is 20.7 Å². The number of morpholine rings is 1. The Morgan fingerprint density at radius 1 is 1.43 bits per heavy atom. The molecule has 4 aliphatic rings. The average Bonchev–Trinajstić information content (AvgIpc) is 3.40. The van der Waals surface area contributed by atoms with Gasteiger partial charge in [-0.2, -0.15) is 0 Å². The van der Waals surface area contributed by atoms with Gasteiger partial charge < -0.3 is 18.9 Å². The Morgan fingerprint density at radius 2 is 2.29 bits per heavy atom. The zero-order valence-electron chi connectivity index (χ0n) is 19.3. The second-order valence-corrected chi connectivity index (χ2v) is 9.65. The summed E-state index contributed by atoms with van der Waals surface area (Å²) in [5.41, 5.74) is 9.55. The van der Waals surface area contributed by atoms with Crippen LogP contribution in [0.1, 0.15) is 19.4 Å². The largest absolute Gasteiger partial charge is 0.447 e. The van der Waals surface area contributed by atoms with Crippen molar-refractivity contribution < 1.29 is 23.2 Å². The van der Waals surface area contributed by atoms with Gasteiger partial charge in [-0.1, -0.05) is 10.3 Å². The number of hydrogen-bond acceptors (Lipinski definition) is 9. The van der Waals surface area contributed by atoms with Crippen LogP contribution in [0, 0.1) is 11.2 Å². The summed E-state index contributed by atoms with van der Waals surface area (Å²) in [5.74, 6) is -0.366. The Morgan fingerprint density at radius 3 is 3.06 bits per heavy atom. The van der Waals surface area contributed by atoms with Crippen molar-refractivity contribution >= 4 is 34.8 Å². The first-order valence-corrected chi connectivity index (χ1v) is 11.6. The fourth-order valence-corrected chi connectivity index (χ4v) is 6.18. The fraction of sp³-hybridized carbons (Fsp3) is 0.591. The minimum absolute atomic E-state index is 0.000492. The van der Waals surface area contributed by atoms with Crippen LogP contribution < -0.4 is 15.1 Å². The van der Waals surface area contributed by atoms with Crippen molar-refractivity contribution in [3.05, 3.63) is 27.9 Å². The number of carbonyl (C=O) groups excluding carboxylic acids is 1. The summed E-state index contributed by atoms with van der Waals surface area (Å²) in [5, 5.41) is 11.3. The number of cyclic esters (lactones) is 1. The van der Waals surface area contributed by atoms with Gasteiger partial charge in [0, 0.05) is 29.6 Å². The van der Waals surface area contributed by atoms with Crippen molar-refractivity contribution in [1.29, 1.82) is 0 Å². The smallest absolute Gasteiger partial charge is 0.416 e. The number of carbonyl (C=O) groups is 1. The average molecular weight is 484 g/mol. The van der Waals surface area contributed by atoms with Gasteiger partial charge in [-0.25, -0.2) is 9.18 Å². The maximum Gasteiger partial charge on any atom is 0.416 e. The normalized spacial score (nSPS) is 31.9. The molecule has 2 saturated heterocycles. The standard InChI is InChI=1S/C22H25FN8O4/c1-11-6-30-17-13(4-22(8-25-10-26-9-22)19(30)12(2)34-11)3-15-18(16(17)23)35-28-20(15)31-14(5-27-29-24)7-33-21(31)32/h3,8,11-12,14,19,26H,4-7,9-10H2,1-2H3/t11-,12+,14-,19-,22?/m1/s1. The third-order valence-electron chi connectivity index (χ3n) is 7.37. The highest BCUT2D eigenvalue weighted by molar-refractivity contribution is 6.01. The summed E-state index contributed by atoms with van der Waals surface area (Å²) in [4.78, 5) is 23.2. The second kappa shape index (κ2) is 8.08. The van der Waals surface area contributed by atoms with E-state index in [4.69, 9.17) is 19.5 Å². The van der Waals surface area contributed by atoms with Crippen LogP contribution in [0.25, 0.3) is 21.4 Å². The summed E-state index contributed by atoms with van der Waals surface area (Å²) >= 11 is 0. The van der Waals surface area contributed by atoms with Crippen molar-refractivity contribution in [2.75, 3.05) is 42.7 Å². The molecule has 35 heavy (non-hydrogen) atoms. The van der Waals surface area contributed by atoms with E-state index in [9.17, 15) is 4.79 Å². The monoisotopic (exact) mass is 484 g/mol. The van der Waals surface area contributed by atoms with E-state index in [-0.39, 0.29) is 42.8 Å². The Balaban J connectivity index is 1.51. The molecule has 2 aromatic rings. The van der Waals surface area contributed by atoms with E-state index in [1.165, 1.54) is 4.90 Å². The van der Waals surface area contributed by atoms with Gasteiger partial charge in [0.2, 0.25) is 5.58 Å². The first-order valence-electron chi connectivity index (χ1n) is 11.6. The Hall–Kier alpha value is -3.41. The van der Waals surface area contributed by atoms with Gasteiger partial charge in [-0.05, 0) is 37.4 Å². The number of benzene rings is 1. The molecule has 0 aliphatic carbocycles. The van der Waals surface area contributed by atoms with Gasteiger partial charge in [0.15, 0.2) is 11.6 Å². The highest BCUT2D eigenvalue weighted by Gasteiger charge is 2.53. The number of halogens is 1. The van der Waals surface area contributed by atoms with Crippen molar-refractivity contribution in [1.82, 2.24) is 10.5 Å². The quantitative estimate of drug-likeness (QED) is 0.401. The lowest BCUT2D eigenvalue weighted by molar-refractivity contribution is -0.0522. The van der Waals surface area contributed by atoms with E-state index < -0.39 is 23.4 Å². The van der Waals surface area contributed by atoms with E-state index in [1.54, 1.807) is 0 Å². The maximum absolute atomic E-state index is 16.2. The van der Waals surface area contributed by atoms with Crippen molar-refractivity contribution in [3.63, 3.8) is 0 Å². The molecule has 5 heterocycles. The molecule has 0 saturated carbocycles. The number of aliphatic imine (C=N–C) groups is 1. The van der Waals surface area contributed by atoms with Crippen LogP contribution in [-0.2, 0) is 15.9 Å². The summed E-state index contributed by atoms with van der Waals surface area (Å²) in [6.45, 7) is 5.78. The lowest BCUT2D eigenvalue weighted by Crippen LogP contribution is -2.67. The molecule has 1 aromatic heterocycles. The summed E-state index contributed by atoms with van der Waals surface area (Å²) < 4.78 is 32.9. The van der Waals surface area contributed by atoms with E-state index in [0.29, 0.717) is 37.3 Å². The summed E-state index contributed by atoms with van der Waals surface area (Å²) in [6.07, 6.45) is 1.65. The van der Waals surface area contributed by atoms with Gasteiger partial charge in [-0.3, -0.25) is 15.2 Å². The van der Waals surface area contributed by atoms with Crippen LogP contribution in [0.2, 0.25) is 0 Å². The molecule has 12 nitrogen and oxygen atoms in total. The first kappa shape index (κ1) is 22.1. The molecule has 1 spiro atoms. The molecule has 6 rings (SSSR count). The van der Waals surface area contributed by atoms with Crippen LogP contribution in [0.4, 0.5) is 20.7 Å². The number of ether oxygens (including phenoxy) is 2. The zero-order chi connectivity index (χ0) is 24.3. The molecule has 184 valence electrons. The fourth-order valence-electron chi connectivity index (χ4n) is 6.18. The number of hydrogen-bond donors (Lipinski definition) is 1. The number of aromatic nitrogens is 1. The minimum atomic E-state index is -0.646. The highest BCUT2D eigenvalue weighted by atomic mass is 19.1. The van der Waals surface area contributed by atoms with Crippen molar-refractivity contribution in [3.8, 4) is 0 Å². The Kier molecular flexibility index (Phi) is 5.09. The van der Waals surface area contributed by atoms with Crippen molar-refractivity contribution in [2.24, 2.45) is 15.5 Å². The predicted octanol–water partition coefficient (Wildman–Crippen LogP) is 2.76. The lowest BCUT2D eigenvalue weighted by Gasteiger charge is -2.56. The molecule has 0 radical (unpaired) electrons. The predicted molar refractivity (Wildman–Crippen MR) is 124 cm³/mol. The molecule has 1 aromatic carbocycles. The number of rotatable bonds is 3. The number of anilines is 2. The van der Waals surface area contributed by atoms with E-state index in [1.807, 2.05) is 26.1 Å². The summed E-state index contributed by atoms with van der Waals surface area (Å²) in [7, 11) is 0. The maximum atomic E-state index is 16.2.